The third kappa shape index (κ3) is 1.65. The van der Waals surface area contributed by atoms with Crippen LogP contribution in [0.5, 0.6) is 0 Å². The summed E-state index contributed by atoms with van der Waals surface area (Å²) in [6.07, 6.45) is 0.613. The summed E-state index contributed by atoms with van der Waals surface area (Å²) < 4.78 is 10.6. The number of carbonyl (C=O) groups is 1. The van der Waals surface area contributed by atoms with E-state index in [0.29, 0.717) is 13.2 Å². The molecule has 0 unspecified atom stereocenters. The first kappa shape index (κ1) is 8.87. The van der Waals surface area contributed by atoms with Gasteiger partial charge in [0, 0.05) is 10.4 Å². The molecule has 1 aromatic rings. The highest BCUT2D eigenvalue weighted by Crippen LogP contribution is 2.31. The van der Waals surface area contributed by atoms with E-state index in [1.807, 2.05) is 13.0 Å². The maximum atomic E-state index is 10.6. The minimum atomic E-state index is -0.252. The predicted octanol–water partition coefficient (Wildman–Crippen LogP) is 1.91. The van der Waals surface area contributed by atoms with E-state index in [4.69, 9.17) is 9.47 Å². The summed E-state index contributed by atoms with van der Waals surface area (Å²) in [5, 5.41) is 0. The topological polar surface area (TPSA) is 35.5 Å². The van der Waals surface area contributed by atoms with E-state index in [0.717, 1.165) is 21.6 Å². The van der Waals surface area contributed by atoms with Crippen molar-refractivity contribution in [3.05, 3.63) is 21.4 Å². The molecule has 1 fully saturated rings. The number of aryl methyl sites for hydroxylation is 1. The lowest BCUT2D eigenvalue weighted by Crippen LogP contribution is -1.93. The Morgan fingerprint density at radius 3 is 2.77 bits per heavy atom. The highest BCUT2D eigenvalue weighted by atomic mass is 32.1. The molecule has 0 amide bonds. The molecule has 3 nitrogen and oxygen atoms in total. The zero-order chi connectivity index (χ0) is 9.26. The molecule has 2 heterocycles. The highest BCUT2D eigenvalue weighted by Gasteiger charge is 2.21. The van der Waals surface area contributed by atoms with Crippen molar-refractivity contribution in [2.75, 3.05) is 13.2 Å². The van der Waals surface area contributed by atoms with Gasteiger partial charge in [-0.25, -0.2) is 0 Å². The van der Waals surface area contributed by atoms with Gasteiger partial charge in [-0.15, -0.1) is 11.3 Å². The minimum Gasteiger partial charge on any atom is -0.345 e. The molecular formula is C9H10O3S. The average Bonchev–Trinajstić information content (AvgIpc) is 2.71. The first-order chi connectivity index (χ1) is 6.31. The summed E-state index contributed by atoms with van der Waals surface area (Å²) in [7, 11) is 0. The summed E-state index contributed by atoms with van der Waals surface area (Å²) in [5.41, 5.74) is 0.735. The molecule has 2 rings (SSSR count). The van der Waals surface area contributed by atoms with Crippen LogP contribution in [0.25, 0.3) is 0 Å². The number of aldehydes is 1. The summed E-state index contributed by atoms with van der Waals surface area (Å²) in [5.74, 6) is 0. The van der Waals surface area contributed by atoms with E-state index >= 15 is 0 Å². The molecule has 1 aliphatic heterocycles. The Bertz CT molecular complexity index is 313. The van der Waals surface area contributed by atoms with Crippen LogP contribution in [0.4, 0.5) is 0 Å². The molecule has 70 valence electrons. The second kappa shape index (κ2) is 3.57. The van der Waals surface area contributed by atoms with E-state index < -0.39 is 0 Å². The van der Waals surface area contributed by atoms with Gasteiger partial charge < -0.3 is 9.47 Å². The highest BCUT2D eigenvalue weighted by molar-refractivity contribution is 7.12. The molecule has 0 spiro atoms. The molecule has 0 aromatic carbocycles. The predicted molar refractivity (Wildman–Crippen MR) is 49.1 cm³/mol. The van der Waals surface area contributed by atoms with Crippen LogP contribution in [0.3, 0.4) is 0 Å². The molecule has 1 saturated heterocycles. The lowest BCUT2D eigenvalue weighted by Gasteiger charge is -2.04. The third-order valence-corrected chi connectivity index (χ3v) is 3.04. The quantitative estimate of drug-likeness (QED) is 0.681. The normalized spacial score (nSPS) is 17.9. The Labute approximate surface area is 80.3 Å². The van der Waals surface area contributed by atoms with Gasteiger partial charge >= 0.3 is 0 Å². The standard InChI is InChI=1S/C9H10O3S/c1-6-7(5-10)4-8(13-6)9-11-2-3-12-9/h4-5,9H,2-3H2,1H3. The fourth-order valence-corrected chi connectivity index (χ4v) is 2.27. The van der Waals surface area contributed by atoms with E-state index in [9.17, 15) is 4.79 Å². The van der Waals surface area contributed by atoms with E-state index in [2.05, 4.69) is 0 Å². The van der Waals surface area contributed by atoms with Crippen LogP contribution >= 0.6 is 11.3 Å². The maximum absolute atomic E-state index is 10.6. The van der Waals surface area contributed by atoms with Gasteiger partial charge in [-0.05, 0) is 13.0 Å². The average molecular weight is 198 g/mol. The second-order valence-electron chi connectivity index (χ2n) is 2.85. The van der Waals surface area contributed by atoms with Crippen LogP contribution in [0.1, 0.15) is 26.4 Å². The first-order valence-corrected chi connectivity index (χ1v) is 4.91. The minimum absolute atomic E-state index is 0.252. The van der Waals surface area contributed by atoms with Gasteiger partial charge in [0.2, 0.25) is 0 Å². The smallest absolute Gasteiger partial charge is 0.193 e. The van der Waals surface area contributed by atoms with Gasteiger partial charge in [0.25, 0.3) is 0 Å². The van der Waals surface area contributed by atoms with Crippen LogP contribution in [-0.4, -0.2) is 19.5 Å². The molecule has 1 aromatic heterocycles. The molecule has 4 heteroatoms. The molecule has 0 bridgehead atoms. The Balaban J connectivity index is 2.24. The van der Waals surface area contributed by atoms with Crippen molar-refractivity contribution in [3.63, 3.8) is 0 Å². The number of hydrogen-bond donors (Lipinski definition) is 0. The SMILES string of the molecule is Cc1sc(C2OCCO2)cc1C=O. The van der Waals surface area contributed by atoms with Crippen LogP contribution in [0, 0.1) is 6.92 Å². The zero-order valence-corrected chi connectivity index (χ0v) is 8.10. The van der Waals surface area contributed by atoms with Crippen molar-refractivity contribution in [1.82, 2.24) is 0 Å². The Morgan fingerprint density at radius 1 is 1.54 bits per heavy atom. The number of thiophene rings is 1. The first-order valence-electron chi connectivity index (χ1n) is 4.10. The monoisotopic (exact) mass is 198 g/mol. The van der Waals surface area contributed by atoms with Crippen molar-refractivity contribution < 1.29 is 14.3 Å². The van der Waals surface area contributed by atoms with Gasteiger partial charge in [-0.3, -0.25) is 4.79 Å². The van der Waals surface area contributed by atoms with Gasteiger partial charge in [-0.2, -0.15) is 0 Å². The lowest BCUT2D eigenvalue weighted by atomic mass is 10.3. The van der Waals surface area contributed by atoms with Crippen LogP contribution < -0.4 is 0 Å². The lowest BCUT2D eigenvalue weighted by molar-refractivity contribution is -0.0413. The largest absolute Gasteiger partial charge is 0.345 e. The van der Waals surface area contributed by atoms with E-state index in [1.54, 1.807) is 11.3 Å². The zero-order valence-electron chi connectivity index (χ0n) is 7.28. The van der Waals surface area contributed by atoms with Crippen molar-refractivity contribution >= 4 is 17.6 Å². The Hall–Kier alpha value is -0.710. The van der Waals surface area contributed by atoms with Gasteiger partial charge in [0.1, 0.15) is 0 Å². The van der Waals surface area contributed by atoms with Crippen LogP contribution in [-0.2, 0) is 9.47 Å². The van der Waals surface area contributed by atoms with Crippen LogP contribution in [0.2, 0.25) is 0 Å². The van der Waals surface area contributed by atoms with Gasteiger partial charge in [0.05, 0.1) is 18.1 Å². The van der Waals surface area contributed by atoms with Crippen molar-refractivity contribution in [2.45, 2.75) is 13.2 Å². The molecular weight excluding hydrogens is 188 g/mol. The molecule has 0 saturated carbocycles. The van der Waals surface area contributed by atoms with Crippen molar-refractivity contribution in [3.8, 4) is 0 Å². The summed E-state index contributed by atoms with van der Waals surface area (Å²) in [6, 6.07) is 1.84. The number of rotatable bonds is 2. The number of carbonyl (C=O) groups excluding carboxylic acids is 1. The van der Waals surface area contributed by atoms with Gasteiger partial charge in [-0.1, -0.05) is 0 Å². The molecule has 0 aliphatic carbocycles. The van der Waals surface area contributed by atoms with Crippen molar-refractivity contribution in [2.24, 2.45) is 0 Å². The molecule has 0 atom stereocenters. The fourth-order valence-electron chi connectivity index (χ4n) is 1.28. The Morgan fingerprint density at radius 2 is 2.23 bits per heavy atom. The fraction of sp³-hybridized carbons (Fsp3) is 0.444. The molecule has 13 heavy (non-hydrogen) atoms. The van der Waals surface area contributed by atoms with Crippen LogP contribution in [0.15, 0.2) is 6.07 Å². The second-order valence-corrected chi connectivity index (χ2v) is 4.14. The van der Waals surface area contributed by atoms with E-state index in [1.165, 1.54) is 0 Å². The number of hydrogen-bond acceptors (Lipinski definition) is 4. The molecule has 1 aliphatic rings. The van der Waals surface area contributed by atoms with Gasteiger partial charge in [0.15, 0.2) is 12.6 Å². The summed E-state index contributed by atoms with van der Waals surface area (Å²) >= 11 is 1.55. The molecule has 0 radical (unpaired) electrons. The van der Waals surface area contributed by atoms with E-state index in [-0.39, 0.29) is 6.29 Å². The maximum Gasteiger partial charge on any atom is 0.193 e. The third-order valence-electron chi connectivity index (χ3n) is 1.96. The van der Waals surface area contributed by atoms with Crippen molar-refractivity contribution in [1.29, 1.82) is 0 Å². The molecule has 0 N–H and O–H groups in total. The number of ether oxygens (including phenoxy) is 2. The summed E-state index contributed by atoms with van der Waals surface area (Å²) in [4.78, 5) is 12.6. The Kier molecular flexibility index (Phi) is 2.44. The summed E-state index contributed by atoms with van der Waals surface area (Å²) in [6.45, 7) is 3.20.